The second-order valence-electron chi connectivity index (χ2n) is 6.17. The summed E-state index contributed by atoms with van der Waals surface area (Å²) in [6.45, 7) is 9.95. The molecule has 0 bridgehead atoms. The van der Waals surface area contributed by atoms with Crippen LogP contribution in [0.25, 0.3) is 0 Å². The Kier molecular flexibility index (Phi) is 4.41. The molecule has 1 aromatic rings. The monoisotopic (exact) mass is 326 g/mol. The fourth-order valence-corrected chi connectivity index (χ4v) is 2.87. The molecule has 1 unspecified atom stereocenters. The van der Waals surface area contributed by atoms with E-state index in [0.717, 1.165) is 29.9 Å². The lowest BCUT2D eigenvalue weighted by Gasteiger charge is -2.41. The van der Waals surface area contributed by atoms with Crippen LogP contribution in [-0.4, -0.2) is 32.8 Å². The first-order valence-electron chi connectivity index (χ1n) is 6.73. The van der Waals surface area contributed by atoms with E-state index in [-0.39, 0.29) is 5.41 Å². The van der Waals surface area contributed by atoms with Crippen molar-refractivity contribution < 1.29 is 4.74 Å². The van der Waals surface area contributed by atoms with Crippen LogP contribution in [0.3, 0.4) is 0 Å². The third kappa shape index (κ3) is 3.63. The van der Waals surface area contributed by atoms with Crippen molar-refractivity contribution in [1.82, 2.24) is 5.32 Å². The normalized spacial score (nSPS) is 20.5. The van der Waals surface area contributed by atoms with Crippen molar-refractivity contribution in [2.24, 2.45) is 5.41 Å². The molecule has 2 rings (SSSR count). The first-order valence-corrected chi connectivity index (χ1v) is 7.52. The molecule has 1 fully saturated rings. The van der Waals surface area contributed by atoms with Crippen LogP contribution >= 0.6 is 15.9 Å². The molecule has 1 aliphatic rings. The van der Waals surface area contributed by atoms with Gasteiger partial charge in [-0.1, -0.05) is 36.7 Å². The number of hydrogen-bond donors (Lipinski definition) is 1. The molecule has 19 heavy (non-hydrogen) atoms. The van der Waals surface area contributed by atoms with Gasteiger partial charge >= 0.3 is 0 Å². The summed E-state index contributed by atoms with van der Waals surface area (Å²) in [5.41, 5.74) is 1.50. The molecule has 1 saturated heterocycles. The van der Waals surface area contributed by atoms with Gasteiger partial charge in [-0.15, -0.1) is 0 Å². The zero-order chi connectivity index (χ0) is 14.0. The zero-order valence-corrected chi connectivity index (χ0v) is 13.8. The maximum absolute atomic E-state index is 5.35. The van der Waals surface area contributed by atoms with Crippen molar-refractivity contribution in [3.05, 3.63) is 22.7 Å². The average molecular weight is 327 g/mol. The van der Waals surface area contributed by atoms with Crippen molar-refractivity contribution in [2.45, 2.75) is 26.8 Å². The largest absolute Gasteiger partial charge is 0.497 e. The molecule has 0 aromatic heterocycles. The number of ether oxygens (including phenoxy) is 1. The van der Waals surface area contributed by atoms with Crippen LogP contribution in [0.5, 0.6) is 5.75 Å². The molecule has 106 valence electrons. The van der Waals surface area contributed by atoms with Crippen molar-refractivity contribution in [2.75, 3.05) is 31.6 Å². The van der Waals surface area contributed by atoms with E-state index in [9.17, 15) is 0 Å². The van der Waals surface area contributed by atoms with Crippen molar-refractivity contribution in [1.29, 1.82) is 0 Å². The Hall–Kier alpha value is -0.740. The number of piperazine rings is 1. The molecule has 1 atom stereocenters. The zero-order valence-electron chi connectivity index (χ0n) is 12.2. The number of nitrogens with one attached hydrogen (secondary N) is 1. The molecule has 0 amide bonds. The summed E-state index contributed by atoms with van der Waals surface area (Å²) in [6.07, 6.45) is 0. The van der Waals surface area contributed by atoms with E-state index in [1.54, 1.807) is 7.11 Å². The lowest BCUT2D eigenvalue weighted by Crippen LogP contribution is -2.56. The second-order valence-corrected chi connectivity index (χ2v) is 7.08. The number of nitrogens with zero attached hydrogens (tertiary/aromatic N) is 1. The lowest BCUT2D eigenvalue weighted by molar-refractivity contribution is 0.254. The van der Waals surface area contributed by atoms with Gasteiger partial charge in [0, 0.05) is 41.9 Å². The highest BCUT2D eigenvalue weighted by Crippen LogP contribution is 2.30. The molecule has 1 aliphatic heterocycles. The lowest BCUT2D eigenvalue weighted by atomic mass is 9.85. The van der Waals surface area contributed by atoms with Gasteiger partial charge in [0.25, 0.3) is 0 Å². The van der Waals surface area contributed by atoms with Crippen LogP contribution in [0, 0.1) is 5.41 Å². The Morgan fingerprint density at radius 3 is 2.68 bits per heavy atom. The second kappa shape index (κ2) is 5.71. The predicted octanol–water partition coefficient (Wildman–Crippen LogP) is 3.28. The summed E-state index contributed by atoms with van der Waals surface area (Å²) in [6, 6.07) is 6.77. The number of rotatable bonds is 2. The van der Waals surface area contributed by atoms with E-state index in [4.69, 9.17) is 4.74 Å². The van der Waals surface area contributed by atoms with E-state index in [2.05, 4.69) is 59.1 Å². The van der Waals surface area contributed by atoms with Gasteiger partial charge in [-0.05, 0) is 17.5 Å². The van der Waals surface area contributed by atoms with Crippen molar-refractivity contribution >= 4 is 21.6 Å². The van der Waals surface area contributed by atoms with Gasteiger partial charge in [0.2, 0.25) is 0 Å². The topological polar surface area (TPSA) is 24.5 Å². The molecule has 4 heteroatoms. The molecular weight excluding hydrogens is 304 g/mol. The molecule has 0 spiro atoms. The first-order chi connectivity index (χ1) is 8.90. The predicted molar refractivity (Wildman–Crippen MR) is 84.2 cm³/mol. The standard InChI is InChI=1S/C15H23BrN2O/c1-15(2,3)14-10-18(6-5-17-14)12-7-11(16)8-13(9-12)19-4/h7-9,14,17H,5-6,10H2,1-4H3. The van der Waals surface area contributed by atoms with E-state index in [0.29, 0.717) is 6.04 Å². The molecule has 0 saturated carbocycles. The van der Waals surface area contributed by atoms with Crippen molar-refractivity contribution in [3.63, 3.8) is 0 Å². The highest BCUT2D eigenvalue weighted by molar-refractivity contribution is 9.10. The number of methoxy groups -OCH3 is 1. The quantitative estimate of drug-likeness (QED) is 0.902. The molecule has 3 nitrogen and oxygen atoms in total. The molecule has 0 radical (unpaired) electrons. The van der Waals surface area contributed by atoms with Crippen LogP contribution < -0.4 is 15.0 Å². The van der Waals surface area contributed by atoms with E-state index in [1.807, 2.05) is 6.07 Å². The van der Waals surface area contributed by atoms with Crippen LogP contribution in [0.1, 0.15) is 20.8 Å². The van der Waals surface area contributed by atoms with Crippen LogP contribution in [0.4, 0.5) is 5.69 Å². The highest BCUT2D eigenvalue weighted by Gasteiger charge is 2.29. The summed E-state index contributed by atoms with van der Waals surface area (Å²) in [5, 5.41) is 3.62. The summed E-state index contributed by atoms with van der Waals surface area (Å²) < 4.78 is 6.41. The van der Waals surface area contributed by atoms with E-state index < -0.39 is 0 Å². The summed E-state index contributed by atoms with van der Waals surface area (Å²) in [4.78, 5) is 2.43. The number of anilines is 1. The fraction of sp³-hybridized carbons (Fsp3) is 0.600. The van der Waals surface area contributed by atoms with E-state index >= 15 is 0 Å². The maximum atomic E-state index is 5.35. The Morgan fingerprint density at radius 1 is 1.32 bits per heavy atom. The summed E-state index contributed by atoms with van der Waals surface area (Å²) >= 11 is 3.55. The smallest absolute Gasteiger partial charge is 0.122 e. The average Bonchev–Trinajstić information content (AvgIpc) is 2.37. The number of hydrogen-bond acceptors (Lipinski definition) is 3. The molecule has 1 heterocycles. The number of benzene rings is 1. The van der Waals surface area contributed by atoms with Crippen molar-refractivity contribution in [3.8, 4) is 5.75 Å². The third-order valence-electron chi connectivity index (χ3n) is 3.68. The molecular formula is C15H23BrN2O. The minimum Gasteiger partial charge on any atom is -0.497 e. The molecule has 1 N–H and O–H groups in total. The number of halogens is 1. The van der Waals surface area contributed by atoms with Gasteiger partial charge in [-0.2, -0.15) is 0 Å². The Bertz CT molecular complexity index is 442. The van der Waals surface area contributed by atoms with Gasteiger partial charge in [-0.3, -0.25) is 0 Å². The fourth-order valence-electron chi connectivity index (χ4n) is 2.41. The first kappa shape index (κ1) is 14.7. The maximum Gasteiger partial charge on any atom is 0.122 e. The van der Waals surface area contributed by atoms with Gasteiger partial charge < -0.3 is 15.0 Å². The molecule has 1 aromatic carbocycles. The van der Waals surface area contributed by atoms with Gasteiger partial charge in [0.1, 0.15) is 5.75 Å². The van der Waals surface area contributed by atoms with Gasteiger partial charge in [0.15, 0.2) is 0 Å². The van der Waals surface area contributed by atoms with E-state index in [1.165, 1.54) is 5.69 Å². The molecule has 0 aliphatic carbocycles. The minimum atomic E-state index is 0.273. The van der Waals surface area contributed by atoms with Crippen LogP contribution in [-0.2, 0) is 0 Å². The highest BCUT2D eigenvalue weighted by atomic mass is 79.9. The van der Waals surface area contributed by atoms with Crippen LogP contribution in [0.15, 0.2) is 22.7 Å². The minimum absolute atomic E-state index is 0.273. The summed E-state index contributed by atoms with van der Waals surface area (Å²) in [7, 11) is 1.71. The third-order valence-corrected chi connectivity index (χ3v) is 4.14. The van der Waals surface area contributed by atoms with Gasteiger partial charge in [-0.25, -0.2) is 0 Å². The Morgan fingerprint density at radius 2 is 2.05 bits per heavy atom. The van der Waals surface area contributed by atoms with Gasteiger partial charge in [0.05, 0.1) is 7.11 Å². The summed E-state index contributed by atoms with van der Waals surface area (Å²) in [5.74, 6) is 0.898. The Labute approximate surface area is 124 Å². The SMILES string of the molecule is COc1cc(Br)cc(N2CCNC(C(C)(C)C)C2)c1. The Balaban J connectivity index is 2.19. The van der Waals surface area contributed by atoms with Crippen LogP contribution in [0.2, 0.25) is 0 Å².